The zero-order valence-corrected chi connectivity index (χ0v) is 15.3. The van der Waals surface area contributed by atoms with Crippen molar-refractivity contribution in [2.45, 2.75) is 70.9 Å². The molecule has 0 aromatic rings. The lowest BCUT2D eigenvalue weighted by atomic mass is 9.76. The predicted molar refractivity (Wildman–Crippen MR) is 97.7 cm³/mol. The van der Waals surface area contributed by atoms with Crippen LogP contribution in [0.1, 0.15) is 58.8 Å². The average molecular weight is 332 g/mol. The second-order valence-corrected chi connectivity index (χ2v) is 7.84. The van der Waals surface area contributed by atoms with Crippen molar-refractivity contribution in [2.75, 3.05) is 13.1 Å². The summed E-state index contributed by atoms with van der Waals surface area (Å²) in [6.45, 7) is 6.56. The summed E-state index contributed by atoms with van der Waals surface area (Å²) in [5, 5.41) is 0. The van der Waals surface area contributed by atoms with Crippen LogP contribution in [0.25, 0.3) is 0 Å². The number of carbonyl (C=O) groups is 1. The van der Waals surface area contributed by atoms with Crippen LogP contribution in [0.2, 0.25) is 0 Å². The Kier molecular flexibility index (Phi) is 6.15. The van der Waals surface area contributed by atoms with Gasteiger partial charge in [0.05, 0.1) is 5.92 Å². The van der Waals surface area contributed by atoms with Crippen molar-refractivity contribution in [1.82, 2.24) is 4.90 Å². The van der Waals surface area contributed by atoms with Crippen LogP contribution in [0.4, 0.5) is 0 Å². The van der Waals surface area contributed by atoms with Gasteiger partial charge in [-0.3, -0.25) is 9.69 Å². The first-order valence-electron chi connectivity index (χ1n) is 9.94. The number of rotatable bonds is 6. The third-order valence-corrected chi connectivity index (χ3v) is 6.23. The van der Waals surface area contributed by atoms with Crippen LogP contribution in [-0.4, -0.2) is 36.1 Å². The molecule has 0 amide bonds. The molecule has 0 bridgehead atoms. The van der Waals surface area contributed by atoms with Crippen molar-refractivity contribution in [3.63, 3.8) is 0 Å². The Morgan fingerprint density at radius 2 is 1.67 bits per heavy atom. The molecule has 5 unspecified atom stereocenters. The maximum atomic E-state index is 13.1. The van der Waals surface area contributed by atoms with E-state index in [9.17, 15) is 4.79 Å². The summed E-state index contributed by atoms with van der Waals surface area (Å²) in [6, 6.07) is 0.318. The van der Waals surface area contributed by atoms with E-state index in [4.69, 9.17) is 4.74 Å². The number of hydrogen-bond donors (Lipinski definition) is 0. The van der Waals surface area contributed by atoms with Gasteiger partial charge in [0.25, 0.3) is 0 Å². The van der Waals surface area contributed by atoms with E-state index in [0.717, 1.165) is 38.8 Å². The topological polar surface area (TPSA) is 29.5 Å². The van der Waals surface area contributed by atoms with Crippen molar-refractivity contribution >= 4 is 5.97 Å². The molecular formula is C21H33NO2. The first-order chi connectivity index (χ1) is 11.7. The normalized spacial score (nSPS) is 31.1. The largest absolute Gasteiger partial charge is 0.461 e. The summed E-state index contributed by atoms with van der Waals surface area (Å²) in [5.74, 6) is 0.753. The monoisotopic (exact) mass is 331 g/mol. The highest BCUT2D eigenvalue weighted by Gasteiger charge is 2.37. The molecule has 1 saturated heterocycles. The second-order valence-electron chi connectivity index (χ2n) is 7.84. The molecular weight excluding hydrogens is 298 g/mol. The number of likely N-dealkylation sites (tertiary alicyclic amines) is 1. The summed E-state index contributed by atoms with van der Waals surface area (Å²) < 4.78 is 6.00. The van der Waals surface area contributed by atoms with Crippen LogP contribution in [-0.2, 0) is 9.53 Å². The Labute approximate surface area is 147 Å². The molecule has 0 aromatic heterocycles. The third-order valence-electron chi connectivity index (χ3n) is 6.23. The molecule has 3 rings (SSSR count). The number of ether oxygens (including phenoxy) is 1. The van der Waals surface area contributed by atoms with Gasteiger partial charge in [0.2, 0.25) is 0 Å². The molecule has 24 heavy (non-hydrogen) atoms. The fourth-order valence-corrected chi connectivity index (χ4v) is 4.57. The minimum absolute atomic E-state index is 0.00790. The highest BCUT2D eigenvalue weighted by atomic mass is 16.5. The van der Waals surface area contributed by atoms with Gasteiger partial charge in [0.1, 0.15) is 6.10 Å². The van der Waals surface area contributed by atoms with Gasteiger partial charge >= 0.3 is 5.97 Å². The van der Waals surface area contributed by atoms with Crippen LogP contribution >= 0.6 is 0 Å². The maximum Gasteiger partial charge on any atom is 0.310 e. The summed E-state index contributed by atoms with van der Waals surface area (Å²) in [4.78, 5) is 15.5. The van der Waals surface area contributed by atoms with E-state index < -0.39 is 0 Å². The zero-order chi connectivity index (χ0) is 16.9. The minimum atomic E-state index is -0.0314. The number of nitrogens with zero attached hydrogens (tertiary/aromatic N) is 1. The van der Waals surface area contributed by atoms with Crippen molar-refractivity contribution in [3.8, 4) is 0 Å². The van der Waals surface area contributed by atoms with Gasteiger partial charge in [0, 0.05) is 6.04 Å². The van der Waals surface area contributed by atoms with E-state index in [1.54, 1.807) is 0 Å². The molecule has 0 radical (unpaired) electrons. The lowest BCUT2D eigenvalue weighted by Crippen LogP contribution is -2.42. The Morgan fingerprint density at radius 3 is 2.29 bits per heavy atom. The summed E-state index contributed by atoms with van der Waals surface area (Å²) in [7, 11) is 0. The standard InChI is InChI=1S/C21H33NO2/c1-16(22-14-8-9-15-22)17(2)24-21(23)20(19-12-6-7-13-19)18-10-4-3-5-11-18/h4,6,10,12,16-20H,3,5,7-9,11,13-15H2,1-2H3. The molecule has 3 heteroatoms. The van der Waals surface area contributed by atoms with E-state index in [-0.39, 0.29) is 18.0 Å². The van der Waals surface area contributed by atoms with Crippen molar-refractivity contribution in [3.05, 3.63) is 24.3 Å². The van der Waals surface area contributed by atoms with Gasteiger partial charge < -0.3 is 4.74 Å². The number of esters is 1. The Morgan fingerprint density at radius 1 is 1.00 bits per heavy atom. The Bertz CT molecular complexity index is 478. The van der Waals surface area contributed by atoms with E-state index in [1.807, 2.05) is 0 Å². The van der Waals surface area contributed by atoms with Gasteiger partial charge in [-0.25, -0.2) is 0 Å². The third kappa shape index (κ3) is 4.11. The van der Waals surface area contributed by atoms with Crippen LogP contribution in [0.5, 0.6) is 0 Å². The van der Waals surface area contributed by atoms with Crippen LogP contribution in [0, 0.1) is 17.8 Å². The highest BCUT2D eigenvalue weighted by Crippen LogP contribution is 2.37. The fourth-order valence-electron chi connectivity index (χ4n) is 4.57. The van der Waals surface area contributed by atoms with E-state index in [1.165, 1.54) is 19.3 Å². The van der Waals surface area contributed by atoms with Crippen LogP contribution < -0.4 is 0 Å². The van der Waals surface area contributed by atoms with E-state index in [0.29, 0.717) is 17.9 Å². The maximum absolute atomic E-state index is 13.1. The van der Waals surface area contributed by atoms with Crippen molar-refractivity contribution < 1.29 is 9.53 Å². The second kappa shape index (κ2) is 8.33. The number of carbonyl (C=O) groups excluding carboxylic acids is 1. The molecule has 134 valence electrons. The van der Waals surface area contributed by atoms with Gasteiger partial charge in [-0.15, -0.1) is 0 Å². The van der Waals surface area contributed by atoms with Gasteiger partial charge in [-0.05, 0) is 83.7 Å². The smallest absolute Gasteiger partial charge is 0.310 e. The van der Waals surface area contributed by atoms with Crippen LogP contribution in [0.3, 0.4) is 0 Å². The van der Waals surface area contributed by atoms with E-state index >= 15 is 0 Å². The molecule has 0 N–H and O–H groups in total. The molecule has 1 heterocycles. The molecule has 0 aromatic carbocycles. The molecule has 1 aliphatic heterocycles. The molecule has 3 nitrogen and oxygen atoms in total. The van der Waals surface area contributed by atoms with Gasteiger partial charge in [-0.2, -0.15) is 0 Å². The molecule has 0 saturated carbocycles. The molecule has 0 spiro atoms. The Hall–Kier alpha value is -1.09. The lowest BCUT2D eigenvalue weighted by Gasteiger charge is -2.33. The van der Waals surface area contributed by atoms with Crippen molar-refractivity contribution in [2.24, 2.45) is 17.8 Å². The lowest BCUT2D eigenvalue weighted by molar-refractivity contribution is -0.159. The molecule has 5 atom stereocenters. The first kappa shape index (κ1) is 17.7. The molecule has 3 aliphatic rings. The Balaban J connectivity index is 1.65. The predicted octanol–water partition coefficient (Wildman–Crippen LogP) is 4.34. The summed E-state index contributed by atoms with van der Waals surface area (Å²) in [6.07, 6.45) is 17.2. The zero-order valence-electron chi connectivity index (χ0n) is 15.3. The quantitative estimate of drug-likeness (QED) is 0.535. The SMILES string of the molecule is CC(OC(=O)C(C1C=CCC1)C1C=CCCC1)C(C)N1CCCC1. The molecule has 1 fully saturated rings. The van der Waals surface area contributed by atoms with E-state index in [2.05, 4.69) is 43.1 Å². The van der Waals surface area contributed by atoms with Gasteiger partial charge in [-0.1, -0.05) is 24.3 Å². The van der Waals surface area contributed by atoms with Crippen molar-refractivity contribution in [1.29, 1.82) is 0 Å². The van der Waals surface area contributed by atoms with Gasteiger partial charge in [0.15, 0.2) is 0 Å². The average Bonchev–Trinajstić information content (AvgIpc) is 3.29. The summed E-state index contributed by atoms with van der Waals surface area (Å²) in [5.41, 5.74) is 0. The number of allylic oxidation sites excluding steroid dienone is 4. The first-order valence-corrected chi connectivity index (χ1v) is 9.94. The summed E-state index contributed by atoms with van der Waals surface area (Å²) >= 11 is 0. The highest BCUT2D eigenvalue weighted by molar-refractivity contribution is 5.74. The molecule has 2 aliphatic carbocycles. The van der Waals surface area contributed by atoms with Crippen LogP contribution in [0.15, 0.2) is 24.3 Å². The fraction of sp³-hybridized carbons (Fsp3) is 0.762. The number of hydrogen-bond acceptors (Lipinski definition) is 3. The minimum Gasteiger partial charge on any atom is -0.461 e.